The fraction of sp³-hybridized carbons (Fsp3) is 0.929. The lowest BCUT2D eigenvalue weighted by molar-refractivity contribution is 0.163. The zero-order valence-corrected chi connectivity index (χ0v) is 12.9. The molecule has 2 atom stereocenters. The molecule has 0 amide bonds. The van der Waals surface area contributed by atoms with Crippen LogP contribution in [0.2, 0.25) is 0 Å². The van der Waals surface area contributed by atoms with Crippen LogP contribution in [0.3, 0.4) is 0 Å². The molecule has 0 aliphatic carbocycles. The summed E-state index contributed by atoms with van der Waals surface area (Å²) >= 11 is 0. The van der Waals surface area contributed by atoms with Crippen LogP contribution in [0.5, 0.6) is 0 Å². The van der Waals surface area contributed by atoms with Crippen LogP contribution in [-0.4, -0.2) is 63.3 Å². The highest BCUT2D eigenvalue weighted by Gasteiger charge is 2.17. The van der Waals surface area contributed by atoms with E-state index in [1.165, 1.54) is 25.8 Å². The number of likely N-dealkylation sites (tertiary alicyclic amines) is 1. The van der Waals surface area contributed by atoms with E-state index < -0.39 is 0 Å². The molecule has 1 heterocycles. The third-order valence-electron chi connectivity index (χ3n) is 3.66. The highest BCUT2D eigenvalue weighted by molar-refractivity contribution is 5.79. The minimum Gasteiger partial charge on any atom is -0.383 e. The molecule has 2 N–H and O–H groups in total. The van der Waals surface area contributed by atoms with Crippen molar-refractivity contribution in [1.29, 1.82) is 0 Å². The van der Waals surface area contributed by atoms with Gasteiger partial charge in [-0.05, 0) is 33.2 Å². The second-order valence-electron chi connectivity index (χ2n) is 5.38. The Morgan fingerprint density at radius 3 is 2.89 bits per heavy atom. The van der Waals surface area contributed by atoms with Crippen LogP contribution >= 0.6 is 0 Å². The summed E-state index contributed by atoms with van der Waals surface area (Å²) in [7, 11) is 3.52. The first-order valence-electron chi connectivity index (χ1n) is 7.37. The molecule has 1 saturated heterocycles. The van der Waals surface area contributed by atoms with Gasteiger partial charge in [-0.2, -0.15) is 0 Å². The van der Waals surface area contributed by atoms with Crippen LogP contribution in [0, 0.1) is 0 Å². The number of hydrogen-bond acceptors (Lipinski definition) is 3. The molecule has 1 fully saturated rings. The van der Waals surface area contributed by atoms with Crippen molar-refractivity contribution in [2.45, 2.75) is 45.2 Å². The van der Waals surface area contributed by atoms with Gasteiger partial charge in [-0.1, -0.05) is 6.42 Å². The quantitative estimate of drug-likeness (QED) is 0.560. The monoisotopic (exact) mass is 270 g/mol. The van der Waals surface area contributed by atoms with Crippen LogP contribution < -0.4 is 10.6 Å². The molecule has 112 valence electrons. The van der Waals surface area contributed by atoms with Crippen molar-refractivity contribution in [3.05, 3.63) is 0 Å². The van der Waals surface area contributed by atoms with Gasteiger partial charge in [-0.15, -0.1) is 0 Å². The van der Waals surface area contributed by atoms with Crippen molar-refractivity contribution in [3.8, 4) is 0 Å². The Morgan fingerprint density at radius 2 is 2.26 bits per heavy atom. The first kappa shape index (κ1) is 16.2. The molecule has 0 saturated carbocycles. The van der Waals surface area contributed by atoms with Crippen LogP contribution in [0.1, 0.15) is 33.1 Å². The highest BCUT2D eigenvalue weighted by Crippen LogP contribution is 2.15. The molecule has 0 aromatic heterocycles. The molecule has 1 aliphatic rings. The topological polar surface area (TPSA) is 48.9 Å². The van der Waals surface area contributed by atoms with Gasteiger partial charge in [0.25, 0.3) is 0 Å². The Kier molecular flexibility index (Phi) is 7.82. The standard InChI is InChI=1S/C14H30N4O/c1-12(11-19-4)17-14(15-3)16-8-10-18-9-6-5-7-13(18)2/h12-13H,5-11H2,1-4H3,(H2,15,16,17). The molecule has 5 nitrogen and oxygen atoms in total. The molecule has 0 bridgehead atoms. The third-order valence-corrected chi connectivity index (χ3v) is 3.66. The van der Waals surface area contributed by atoms with Crippen LogP contribution in [-0.2, 0) is 4.74 Å². The summed E-state index contributed by atoms with van der Waals surface area (Å²) in [5, 5.41) is 6.68. The lowest BCUT2D eigenvalue weighted by Gasteiger charge is -2.33. The molecule has 0 radical (unpaired) electrons. The minimum atomic E-state index is 0.269. The Labute approximate surface area is 117 Å². The first-order chi connectivity index (χ1) is 9.17. The van der Waals surface area contributed by atoms with E-state index in [4.69, 9.17) is 4.74 Å². The maximum atomic E-state index is 5.11. The number of aliphatic imine (C=N–C) groups is 1. The van der Waals surface area contributed by atoms with E-state index in [0.29, 0.717) is 6.61 Å². The summed E-state index contributed by atoms with van der Waals surface area (Å²) in [6.45, 7) is 8.35. The molecule has 0 aromatic rings. The second-order valence-corrected chi connectivity index (χ2v) is 5.38. The smallest absolute Gasteiger partial charge is 0.191 e. The second kappa shape index (κ2) is 9.15. The fourth-order valence-electron chi connectivity index (χ4n) is 2.53. The van der Waals surface area contributed by atoms with E-state index in [0.717, 1.165) is 25.1 Å². The maximum Gasteiger partial charge on any atom is 0.191 e. The van der Waals surface area contributed by atoms with Gasteiger partial charge in [0.15, 0.2) is 5.96 Å². The zero-order chi connectivity index (χ0) is 14.1. The zero-order valence-electron chi connectivity index (χ0n) is 12.9. The minimum absolute atomic E-state index is 0.269. The number of nitrogens with one attached hydrogen (secondary N) is 2. The van der Waals surface area contributed by atoms with Crippen molar-refractivity contribution >= 4 is 5.96 Å². The molecule has 2 unspecified atom stereocenters. The van der Waals surface area contributed by atoms with E-state index in [-0.39, 0.29) is 6.04 Å². The Morgan fingerprint density at radius 1 is 1.47 bits per heavy atom. The van der Waals surface area contributed by atoms with Crippen LogP contribution in [0.25, 0.3) is 0 Å². The lowest BCUT2D eigenvalue weighted by atomic mass is 10.0. The molecular formula is C14H30N4O. The molecule has 1 aliphatic heterocycles. The van der Waals surface area contributed by atoms with E-state index in [9.17, 15) is 0 Å². The SMILES string of the molecule is CN=C(NCCN1CCCCC1C)NC(C)COC. The number of guanidine groups is 1. The van der Waals surface area contributed by atoms with Gasteiger partial charge < -0.3 is 15.4 Å². The van der Waals surface area contributed by atoms with Gasteiger partial charge in [0.1, 0.15) is 0 Å². The normalized spacial score (nSPS) is 23.2. The van der Waals surface area contributed by atoms with Crippen molar-refractivity contribution in [3.63, 3.8) is 0 Å². The maximum absolute atomic E-state index is 5.11. The van der Waals surface area contributed by atoms with E-state index in [1.54, 1.807) is 14.2 Å². The summed E-state index contributed by atoms with van der Waals surface area (Å²) in [6, 6.07) is 0.989. The number of nitrogens with zero attached hydrogens (tertiary/aromatic N) is 2. The predicted molar refractivity (Wildman–Crippen MR) is 80.7 cm³/mol. The van der Waals surface area contributed by atoms with Crippen molar-refractivity contribution < 1.29 is 4.74 Å². The average molecular weight is 270 g/mol. The highest BCUT2D eigenvalue weighted by atomic mass is 16.5. The summed E-state index contributed by atoms with van der Waals surface area (Å²) in [6.07, 6.45) is 4.04. The Bertz CT molecular complexity index is 270. The van der Waals surface area contributed by atoms with Gasteiger partial charge in [0.2, 0.25) is 0 Å². The number of methoxy groups -OCH3 is 1. The van der Waals surface area contributed by atoms with E-state index in [1.807, 2.05) is 0 Å². The Hall–Kier alpha value is -0.810. The van der Waals surface area contributed by atoms with Gasteiger partial charge in [0, 0.05) is 39.3 Å². The molecule has 5 heteroatoms. The predicted octanol–water partition coefficient (Wildman–Crippen LogP) is 1.06. The molecule has 0 spiro atoms. The van der Waals surface area contributed by atoms with Crippen LogP contribution in [0.15, 0.2) is 4.99 Å². The number of ether oxygens (including phenoxy) is 1. The molecular weight excluding hydrogens is 240 g/mol. The van der Waals surface area contributed by atoms with Crippen molar-refractivity contribution in [2.75, 3.05) is 40.4 Å². The third kappa shape index (κ3) is 6.25. The van der Waals surface area contributed by atoms with Gasteiger partial charge in [-0.25, -0.2) is 0 Å². The number of rotatable bonds is 6. The summed E-state index contributed by atoms with van der Waals surface area (Å²) in [5.41, 5.74) is 0. The van der Waals surface area contributed by atoms with Gasteiger partial charge in [-0.3, -0.25) is 9.89 Å². The van der Waals surface area contributed by atoms with E-state index in [2.05, 4.69) is 34.4 Å². The molecule has 0 aromatic carbocycles. The van der Waals surface area contributed by atoms with Gasteiger partial charge in [0.05, 0.1) is 6.61 Å². The molecule has 19 heavy (non-hydrogen) atoms. The Balaban J connectivity index is 2.22. The summed E-state index contributed by atoms with van der Waals surface area (Å²) < 4.78 is 5.11. The van der Waals surface area contributed by atoms with Crippen LogP contribution in [0.4, 0.5) is 0 Å². The molecule has 1 rings (SSSR count). The van der Waals surface area contributed by atoms with E-state index >= 15 is 0 Å². The number of piperidine rings is 1. The lowest BCUT2D eigenvalue weighted by Crippen LogP contribution is -2.47. The van der Waals surface area contributed by atoms with Gasteiger partial charge >= 0.3 is 0 Å². The van der Waals surface area contributed by atoms with Crippen molar-refractivity contribution in [1.82, 2.24) is 15.5 Å². The first-order valence-corrected chi connectivity index (χ1v) is 7.37. The number of hydrogen-bond donors (Lipinski definition) is 2. The largest absolute Gasteiger partial charge is 0.383 e. The fourth-order valence-corrected chi connectivity index (χ4v) is 2.53. The average Bonchev–Trinajstić information content (AvgIpc) is 2.40. The summed E-state index contributed by atoms with van der Waals surface area (Å²) in [5.74, 6) is 0.856. The summed E-state index contributed by atoms with van der Waals surface area (Å²) in [4.78, 5) is 6.79. The van der Waals surface area contributed by atoms with Crippen molar-refractivity contribution in [2.24, 2.45) is 4.99 Å².